The van der Waals surface area contributed by atoms with Gasteiger partial charge in [0.1, 0.15) is 6.04 Å². The Hall–Kier alpha value is -2.90. The van der Waals surface area contributed by atoms with Crippen LogP contribution in [0.1, 0.15) is 33.6 Å². The number of aliphatic carboxylic acids is 1. The zero-order valence-corrected chi connectivity index (χ0v) is 11.9. The second-order valence-electron chi connectivity index (χ2n) is 4.44. The van der Waals surface area contributed by atoms with Crippen molar-refractivity contribution < 1.29 is 29.0 Å². The summed E-state index contributed by atoms with van der Waals surface area (Å²) in [4.78, 5) is 45.2. The molecule has 0 aromatic heterocycles. The summed E-state index contributed by atoms with van der Waals surface area (Å²) in [5.74, 6) is -3.23. The van der Waals surface area contributed by atoms with Crippen LogP contribution in [0.15, 0.2) is 24.3 Å². The lowest BCUT2D eigenvalue weighted by Gasteiger charge is -2.14. The molecule has 0 spiro atoms. The van der Waals surface area contributed by atoms with E-state index in [1.54, 1.807) is 0 Å². The van der Waals surface area contributed by atoms with Gasteiger partial charge in [-0.25, -0.2) is 9.59 Å². The molecule has 0 aliphatic carbocycles. The molecule has 0 saturated heterocycles. The van der Waals surface area contributed by atoms with Crippen molar-refractivity contribution in [2.45, 2.75) is 18.9 Å². The average molecular weight is 308 g/mol. The number of carbonyl (C=O) groups excluding carboxylic acids is 3. The third kappa shape index (κ3) is 4.89. The quantitative estimate of drug-likeness (QED) is 0.603. The molecule has 0 aliphatic heterocycles. The van der Waals surface area contributed by atoms with Gasteiger partial charge < -0.3 is 20.9 Å². The molecule has 1 unspecified atom stereocenters. The number of nitrogens with one attached hydrogen (secondary N) is 1. The molecule has 1 aromatic rings. The van der Waals surface area contributed by atoms with Crippen molar-refractivity contribution >= 4 is 23.8 Å². The van der Waals surface area contributed by atoms with E-state index >= 15 is 0 Å². The van der Waals surface area contributed by atoms with Crippen molar-refractivity contribution in [3.63, 3.8) is 0 Å². The van der Waals surface area contributed by atoms with Crippen molar-refractivity contribution in [2.75, 3.05) is 7.11 Å². The summed E-state index contributed by atoms with van der Waals surface area (Å²) in [6, 6.07) is 4.40. The second kappa shape index (κ2) is 7.77. The molecule has 118 valence electrons. The Morgan fingerprint density at radius 2 is 1.91 bits per heavy atom. The monoisotopic (exact) mass is 308 g/mol. The number of methoxy groups -OCH3 is 1. The van der Waals surface area contributed by atoms with Gasteiger partial charge >= 0.3 is 11.9 Å². The van der Waals surface area contributed by atoms with Crippen molar-refractivity contribution in [3.05, 3.63) is 35.4 Å². The van der Waals surface area contributed by atoms with Crippen LogP contribution in [-0.4, -0.2) is 42.0 Å². The van der Waals surface area contributed by atoms with Crippen LogP contribution in [0.4, 0.5) is 0 Å². The van der Waals surface area contributed by atoms with Gasteiger partial charge in [-0.1, -0.05) is 6.07 Å². The fourth-order valence-corrected chi connectivity index (χ4v) is 1.69. The van der Waals surface area contributed by atoms with Crippen LogP contribution in [0.2, 0.25) is 0 Å². The predicted molar refractivity (Wildman–Crippen MR) is 75.1 cm³/mol. The first-order chi connectivity index (χ1) is 10.3. The third-order valence-corrected chi connectivity index (χ3v) is 2.83. The summed E-state index contributed by atoms with van der Waals surface area (Å²) in [6.45, 7) is 0. The average Bonchev–Trinajstić information content (AvgIpc) is 2.49. The van der Waals surface area contributed by atoms with E-state index in [-0.39, 0.29) is 24.0 Å². The number of ether oxygens (including phenoxy) is 1. The Kier molecular flexibility index (Phi) is 6.06. The van der Waals surface area contributed by atoms with Crippen LogP contribution in [0.25, 0.3) is 0 Å². The van der Waals surface area contributed by atoms with Gasteiger partial charge in [-0.05, 0) is 24.6 Å². The predicted octanol–water partition coefficient (Wildman–Crippen LogP) is -0.0783. The molecular formula is C14H16N2O6. The Bertz CT molecular complexity index is 599. The van der Waals surface area contributed by atoms with Crippen molar-refractivity contribution in [3.8, 4) is 0 Å². The number of benzene rings is 1. The number of rotatable bonds is 7. The van der Waals surface area contributed by atoms with E-state index in [9.17, 15) is 19.2 Å². The topological polar surface area (TPSA) is 136 Å². The van der Waals surface area contributed by atoms with Gasteiger partial charge in [-0.15, -0.1) is 0 Å². The van der Waals surface area contributed by atoms with E-state index in [0.29, 0.717) is 0 Å². The van der Waals surface area contributed by atoms with Crippen molar-refractivity contribution in [1.29, 1.82) is 0 Å². The maximum atomic E-state index is 12.0. The zero-order chi connectivity index (χ0) is 16.7. The van der Waals surface area contributed by atoms with Gasteiger partial charge in [0, 0.05) is 12.0 Å². The lowest BCUT2D eigenvalue weighted by atomic mass is 10.1. The molecule has 0 heterocycles. The molecule has 1 atom stereocenters. The second-order valence-corrected chi connectivity index (χ2v) is 4.44. The fourth-order valence-electron chi connectivity index (χ4n) is 1.69. The van der Waals surface area contributed by atoms with Crippen LogP contribution in [-0.2, 0) is 14.3 Å². The third-order valence-electron chi connectivity index (χ3n) is 2.83. The number of carboxylic acid groups (broad SMARTS) is 1. The van der Waals surface area contributed by atoms with E-state index < -0.39 is 29.8 Å². The summed E-state index contributed by atoms with van der Waals surface area (Å²) < 4.78 is 4.54. The largest absolute Gasteiger partial charge is 0.480 e. The lowest BCUT2D eigenvalue weighted by molar-refractivity contribution is -0.139. The molecule has 1 aromatic carbocycles. The smallest absolute Gasteiger partial charge is 0.337 e. The van der Waals surface area contributed by atoms with Crippen LogP contribution in [0, 0.1) is 0 Å². The molecule has 22 heavy (non-hydrogen) atoms. The Morgan fingerprint density at radius 3 is 2.45 bits per heavy atom. The van der Waals surface area contributed by atoms with Crippen molar-refractivity contribution in [2.24, 2.45) is 5.73 Å². The van der Waals surface area contributed by atoms with Gasteiger partial charge in [0.15, 0.2) is 0 Å². The van der Waals surface area contributed by atoms with Gasteiger partial charge in [0.2, 0.25) is 5.91 Å². The first kappa shape index (κ1) is 17.2. The minimum Gasteiger partial charge on any atom is -0.480 e. The van der Waals surface area contributed by atoms with E-state index in [4.69, 9.17) is 10.8 Å². The van der Waals surface area contributed by atoms with Gasteiger partial charge in [-0.2, -0.15) is 0 Å². The maximum Gasteiger partial charge on any atom is 0.337 e. The first-order valence-electron chi connectivity index (χ1n) is 6.35. The van der Waals surface area contributed by atoms with Crippen molar-refractivity contribution in [1.82, 2.24) is 5.32 Å². The summed E-state index contributed by atoms with van der Waals surface area (Å²) in [5, 5.41) is 11.3. The molecule has 0 bridgehead atoms. The Labute approximate surface area is 126 Å². The summed E-state index contributed by atoms with van der Waals surface area (Å²) in [5.41, 5.74) is 5.23. The number of carboxylic acids is 1. The molecule has 0 saturated carbocycles. The first-order valence-corrected chi connectivity index (χ1v) is 6.35. The fraction of sp³-hybridized carbons (Fsp3) is 0.286. The molecule has 0 aliphatic rings. The molecule has 8 heteroatoms. The highest BCUT2D eigenvalue weighted by Gasteiger charge is 2.21. The van der Waals surface area contributed by atoms with Crippen LogP contribution >= 0.6 is 0 Å². The van der Waals surface area contributed by atoms with Gasteiger partial charge in [0.05, 0.1) is 12.7 Å². The molecule has 4 N–H and O–H groups in total. The van der Waals surface area contributed by atoms with E-state index in [0.717, 1.165) is 0 Å². The number of hydrogen-bond acceptors (Lipinski definition) is 5. The number of amides is 2. The number of nitrogens with two attached hydrogens (primary N) is 1. The summed E-state index contributed by atoms with van der Waals surface area (Å²) in [6.07, 6.45) is -0.285. The molecular weight excluding hydrogens is 292 g/mol. The molecule has 8 nitrogen and oxygen atoms in total. The Balaban J connectivity index is 2.83. The normalized spacial score (nSPS) is 11.3. The van der Waals surface area contributed by atoms with E-state index in [1.807, 2.05) is 0 Å². The van der Waals surface area contributed by atoms with Crippen LogP contribution < -0.4 is 11.1 Å². The van der Waals surface area contributed by atoms with Gasteiger partial charge in [0.25, 0.3) is 5.91 Å². The SMILES string of the molecule is COC(=O)c1cccc(C(=O)NC(CCC(N)=O)C(=O)O)c1. The summed E-state index contributed by atoms with van der Waals surface area (Å²) >= 11 is 0. The van der Waals surface area contributed by atoms with E-state index in [1.165, 1.54) is 31.4 Å². The number of carbonyl (C=O) groups is 4. The molecule has 1 rings (SSSR count). The molecule has 0 fully saturated rings. The molecule has 2 amide bonds. The van der Waals surface area contributed by atoms with Crippen LogP contribution in [0.3, 0.4) is 0 Å². The summed E-state index contributed by atoms with van der Waals surface area (Å²) in [7, 11) is 1.21. The van der Waals surface area contributed by atoms with Gasteiger partial charge in [-0.3, -0.25) is 9.59 Å². The highest BCUT2D eigenvalue weighted by molar-refractivity contribution is 5.99. The standard InChI is InChI=1S/C14H16N2O6/c1-22-14(21)9-4-2-3-8(7-9)12(18)16-10(13(19)20)5-6-11(15)17/h2-4,7,10H,5-6H2,1H3,(H2,15,17)(H,16,18)(H,19,20). The lowest BCUT2D eigenvalue weighted by Crippen LogP contribution is -2.41. The minimum atomic E-state index is -1.28. The number of esters is 1. The minimum absolute atomic E-state index is 0.105. The zero-order valence-electron chi connectivity index (χ0n) is 11.9. The van der Waals surface area contributed by atoms with Crippen LogP contribution in [0.5, 0.6) is 0 Å². The highest BCUT2D eigenvalue weighted by Crippen LogP contribution is 2.08. The highest BCUT2D eigenvalue weighted by atomic mass is 16.5. The number of hydrogen-bond donors (Lipinski definition) is 3. The Morgan fingerprint density at radius 1 is 1.27 bits per heavy atom. The number of primary amides is 1. The maximum absolute atomic E-state index is 12.0. The molecule has 0 radical (unpaired) electrons. The van der Waals surface area contributed by atoms with E-state index in [2.05, 4.69) is 10.1 Å².